The third kappa shape index (κ3) is 1.91. The normalized spacial score (nSPS) is 35.9. The molecule has 4 aliphatic carbocycles. The van der Waals surface area contributed by atoms with Crippen molar-refractivity contribution in [3.63, 3.8) is 0 Å². The lowest BCUT2D eigenvalue weighted by Gasteiger charge is -2.37. The topological polar surface area (TPSA) is 70.0 Å². The second-order valence-corrected chi connectivity index (χ2v) is 8.11. The van der Waals surface area contributed by atoms with E-state index < -0.39 is 0 Å². The van der Waals surface area contributed by atoms with Crippen LogP contribution in [-0.4, -0.2) is 28.1 Å². The van der Waals surface area contributed by atoms with Crippen LogP contribution in [-0.2, 0) is 9.59 Å². The van der Waals surface area contributed by atoms with Gasteiger partial charge in [-0.05, 0) is 46.9 Å². The molecule has 6 atom stereocenters. The predicted octanol–water partition coefficient (Wildman–Crippen LogP) is 2.93. The third-order valence-electron chi connectivity index (χ3n) is 6.89. The Labute approximate surface area is 156 Å². The van der Waals surface area contributed by atoms with Crippen LogP contribution >= 0.6 is 0 Å². The van der Waals surface area contributed by atoms with Crippen molar-refractivity contribution in [2.24, 2.45) is 40.6 Å². The van der Waals surface area contributed by atoms with Crippen LogP contribution in [0.5, 0.6) is 5.75 Å². The first-order valence-corrected chi connectivity index (χ1v) is 9.46. The zero-order chi connectivity index (χ0) is 18.3. The standard InChI is InChI=1S/C22H18N2O3/c25-18-8-5-11-3-1-2-4-12(11)17(18)10-23-24-21(26)19-13-6-7-14(16-9-15(13)16)20(19)22(24)27/h1-8,10,13-16,19-20,25H,9H2/b23-10-/t13-,14-,15-,16+,19-,20+/m0/s1. The van der Waals surface area contributed by atoms with E-state index in [0.29, 0.717) is 17.4 Å². The number of hydrogen-bond donors (Lipinski definition) is 1. The van der Waals surface area contributed by atoms with Gasteiger partial charge in [-0.2, -0.15) is 10.1 Å². The highest BCUT2D eigenvalue weighted by Gasteiger charge is 2.67. The number of phenolic OH excluding ortho intramolecular Hbond substituents is 1. The van der Waals surface area contributed by atoms with Crippen molar-refractivity contribution in [1.29, 1.82) is 0 Å². The summed E-state index contributed by atoms with van der Waals surface area (Å²) in [6, 6.07) is 11.1. The first-order valence-electron chi connectivity index (χ1n) is 9.46. The van der Waals surface area contributed by atoms with E-state index in [2.05, 4.69) is 17.3 Å². The van der Waals surface area contributed by atoms with Crippen LogP contribution in [0, 0.1) is 35.5 Å². The van der Waals surface area contributed by atoms with Gasteiger partial charge in [0.1, 0.15) is 5.75 Å². The molecule has 0 spiro atoms. The number of aromatic hydroxyl groups is 1. The lowest BCUT2D eigenvalue weighted by molar-refractivity contribution is -0.140. The highest BCUT2D eigenvalue weighted by molar-refractivity contribution is 6.08. The van der Waals surface area contributed by atoms with E-state index in [1.165, 1.54) is 6.21 Å². The van der Waals surface area contributed by atoms with E-state index >= 15 is 0 Å². The minimum absolute atomic E-state index is 0.0805. The van der Waals surface area contributed by atoms with E-state index in [1.807, 2.05) is 30.3 Å². The minimum atomic E-state index is -0.255. The largest absolute Gasteiger partial charge is 0.507 e. The van der Waals surface area contributed by atoms with Crippen molar-refractivity contribution in [3.8, 4) is 5.75 Å². The van der Waals surface area contributed by atoms with Crippen molar-refractivity contribution in [1.82, 2.24) is 5.01 Å². The molecule has 134 valence electrons. The second-order valence-electron chi connectivity index (χ2n) is 8.11. The van der Waals surface area contributed by atoms with E-state index in [1.54, 1.807) is 6.07 Å². The highest BCUT2D eigenvalue weighted by Crippen LogP contribution is 2.65. The number of carbonyl (C=O) groups is 2. The number of amides is 2. The first-order chi connectivity index (χ1) is 13.1. The number of allylic oxidation sites excluding steroid dienone is 2. The average molecular weight is 358 g/mol. The molecule has 0 aromatic heterocycles. The molecule has 0 radical (unpaired) electrons. The molecule has 1 N–H and O–H groups in total. The van der Waals surface area contributed by atoms with Crippen LogP contribution in [0.15, 0.2) is 53.7 Å². The monoisotopic (exact) mass is 358 g/mol. The molecule has 2 aromatic rings. The van der Waals surface area contributed by atoms with Crippen LogP contribution in [0.1, 0.15) is 12.0 Å². The van der Waals surface area contributed by atoms with Gasteiger partial charge in [-0.3, -0.25) is 9.59 Å². The molecule has 5 heteroatoms. The summed E-state index contributed by atoms with van der Waals surface area (Å²) in [7, 11) is 0. The van der Waals surface area contributed by atoms with Gasteiger partial charge < -0.3 is 5.11 Å². The Morgan fingerprint density at radius 1 is 0.963 bits per heavy atom. The van der Waals surface area contributed by atoms with E-state index in [-0.39, 0.29) is 41.2 Å². The molecule has 1 heterocycles. The summed E-state index contributed by atoms with van der Waals surface area (Å²) < 4.78 is 0. The van der Waals surface area contributed by atoms with Gasteiger partial charge in [0.25, 0.3) is 11.8 Å². The van der Waals surface area contributed by atoms with E-state index in [9.17, 15) is 14.7 Å². The smallest absolute Gasteiger partial charge is 0.254 e. The molecule has 2 bridgehead atoms. The molecule has 7 rings (SSSR count). The number of carbonyl (C=O) groups excluding carboxylic acids is 2. The highest BCUT2D eigenvalue weighted by atomic mass is 16.3. The third-order valence-corrected chi connectivity index (χ3v) is 6.89. The SMILES string of the molecule is O=C1[C@@H]2[C@H]3C=C[C@@H]([C@@H]4C[C@H]34)[C@@H]2C(=O)N1/N=C\c1c(O)ccc2ccccc12. The van der Waals surface area contributed by atoms with Crippen molar-refractivity contribution in [3.05, 3.63) is 54.1 Å². The van der Waals surface area contributed by atoms with E-state index in [4.69, 9.17) is 0 Å². The van der Waals surface area contributed by atoms with Crippen molar-refractivity contribution in [2.45, 2.75) is 6.42 Å². The number of imide groups is 1. The molecule has 2 saturated carbocycles. The first kappa shape index (κ1) is 15.1. The fourth-order valence-electron chi connectivity index (χ4n) is 5.59. The van der Waals surface area contributed by atoms with Crippen LogP contribution < -0.4 is 0 Å². The molecule has 5 aliphatic rings. The Bertz CT molecular complexity index is 1040. The lowest BCUT2D eigenvalue weighted by atomic mass is 9.63. The van der Waals surface area contributed by atoms with Gasteiger partial charge >= 0.3 is 0 Å². The van der Waals surface area contributed by atoms with Crippen molar-refractivity contribution in [2.75, 3.05) is 0 Å². The summed E-state index contributed by atoms with van der Waals surface area (Å²) in [5.41, 5.74) is 0.521. The Balaban J connectivity index is 1.38. The molecule has 1 saturated heterocycles. The lowest BCUT2D eigenvalue weighted by Crippen LogP contribution is -2.40. The number of rotatable bonds is 2. The maximum absolute atomic E-state index is 13.0. The Hall–Kier alpha value is -2.95. The minimum Gasteiger partial charge on any atom is -0.507 e. The van der Waals surface area contributed by atoms with Crippen molar-refractivity contribution >= 4 is 28.8 Å². The van der Waals surface area contributed by atoms with Crippen LogP contribution in [0.25, 0.3) is 10.8 Å². The number of nitrogens with zero attached hydrogens (tertiary/aromatic N) is 2. The fourth-order valence-corrected chi connectivity index (χ4v) is 5.59. The quantitative estimate of drug-likeness (QED) is 0.510. The van der Waals surface area contributed by atoms with E-state index in [0.717, 1.165) is 22.2 Å². The molecule has 5 nitrogen and oxygen atoms in total. The molecule has 2 amide bonds. The number of benzene rings is 2. The maximum atomic E-state index is 13.0. The Morgan fingerprint density at radius 3 is 2.33 bits per heavy atom. The van der Waals surface area contributed by atoms with Gasteiger partial charge in [0.15, 0.2) is 0 Å². The molecule has 0 unspecified atom stereocenters. The number of fused-ring (bicyclic) bond motifs is 1. The molecular formula is C22H18N2O3. The number of hydrogen-bond acceptors (Lipinski definition) is 4. The molecule has 3 fully saturated rings. The Morgan fingerprint density at radius 2 is 1.63 bits per heavy atom. The van der Waals surface area contributed by atoms with Gasteiger partial charge in [0, 0.05) is 5.56 Å². The van der Waals surface area contributed by atoms with Crippen LogP contribution in [0.2, 0.25) is 0 Å². The van der Waals surface area contributed by atoms with Gasteiger partial charge in [0.2, 0.25) is 0 Å². The average Bonchev–Trinajstić information content (AvgIpc) is 3.47. The van der Waals surface area contributed by atoms with Crippen LogP contribution in [0.4, 0.5) is 0 Å². The predicted molar refractivity (Wildman–Crippen MR) is 99.8 cm³/mol. The summed E-state index contributed by atoms with van der Waals surface area (Å²) >= 11 is 0. The Kier molecular flexibility index (Phi) is 2.84. The van der Waals surface area contributed by atoms with Crippen molar-refractivity contribution < 1.29 is 14.7 Å². The number of phenols is 1. The number of hydrazone groups is 1. The summed E-state index contributed by atoms with van der Waals surface area (Å²) in [5, 5.41) is 17.4. The zero-order valence-corrected chi connectivity index (χ0v) is 14.5. The molecular weight excluding hydrogens is 340 g/mol. The molecule has 27 heavy (non-hydrogen) atoms. The summed E-state index contributed by atoms with van der Waals surface area (Å²) in [6.45, 7) is 0. The summed E-state index contributed by atoms with van der Waals surface area (Å²) in [5.74, 6) is 0.714. The maximum Gasteiger partial charge on any atom is 0.254 e. The molecule has 1 aliphatic heterocycles. The summed E-state index contributed by atoms with van der Waals surface area (Å²) in [4.78, 5) is 25.9. The van der Waals surface area contributed by atoms with Gasteiger partial charge in [-0.15, -0.1) is 0 Å². The van der Waals surface area contributed by atoms with Crippen LogP contribution in [0.3, 0.4) is 0 Å². The zero-order valence-electron chi connectivity index (χ0n) is 14.5. The van der Waals surface area contributed by atoms with Gasteiger partial charge in [-0.25, -0.2) is 0 Å². The fraction of sp³-hybridized carbons (Fsp3) is 0.318. The summed E-state index contributed by atoms with van der Waals surface area (Å²) in [6.07, 6.45) is 6.88. The second kappa shape index (κ2) is 5.06. The van der Waals surface area contributed by atoms with Gasteiger partial charge in [0.05, 0.1) is 18.1 Å². The molecule has 2 aromatic carbocycles. The van der Waals surface area contributed by atoms with Gasteiger partial charge in [-0.1, -0.05) is 42.5 Å².